The summed E-state index contributed by atoms with van der Waals surface area (Å²) in [6, 6.07) is 10.5. The lowest BCUT2D eigenvalue weighted by Crippen LogP contribution is -2.33. The van der Waals surface area contributed by atoms with Crippen LogP contribution >= 0.6 is 15.9 Å². The number of hydrogen-bond donors (Lipinski definition) is 1. The van der Waals surface area contributed by atoms with Gasteiger partial charge in [0, 0.05) is 23.4 Å². The van der Waals surface area contributed by atoms with Crippen molar-refractivity contribution in [3.63, 3.8) is 0 Å². The summed E-state index contributed by atoms with van der Waals surface area (Å²) >= 11 is 3.51. The molecular formula is C18H22BrN3O. The van der Waals surface area contributed by atoms with Gasteiger partial charge in [-0.15, -0.1) is 0 Å². The average Bonchev–Trinajstić information content (AvgIpc) is 3.10. The largest absolute Gasteiger partial charge is 0.353 e. The van der Waals surface area contributed by atoms with Crippen LogP contribution in [0.1, 0.15) is 30.1 Å². The van der Waals surface area contributed by atoms with Crippen LogP contribution in [0.25, 0.3) is 0 Å². The maximum absolute atomic E-state index is 12.4. The van der Waals surface area contributed by atoms with Gasteiger partial charge < -0.3 is 9.88 Å². The van der Waals surface area contributed by atoms with Crippen LogP contribution in [0.4, 0.5) is 5.69 Å². The monoisotopic (exact) mass is 375 g/mol. The molecular weight excluding hydrogens is 354 g/mol. The minimum absolute atomic E-state index is 0.0377. The molecule has 1 aromatic carbocycles. The standard InChI is InChI=1S/C18H22BrN3O/c1-13-7-8-15(14(19)11-13)20-18(23)12-22-10-4-6-17(22)16-5-3-9-21(16)2/h3,5,7-9,11,17H,4,6,10,12H2,1-2H3,(H,20,23)/t17-/m0/s1. The molecule has 0 bridgehead atoms. The molecule has 0 aliphatic carbocycles. The Balaban J connectivity index is 1.66. The number of carbonyl (C=O) groups is 1. The van der Waals surface area contributed by atoms with Crippen molar-refractivity contribution in [1.29, 1.82) is 0 Å². The molecule has 0 radical (unpaired) electrons. The molecule has 0 saturated carbocycles. The Bertz CT molecular complexity index is 710. The maximum Gasteiger partial charge on any atom is 0.238 e. The van der Waals surface area contributed by atoms with Crippen LogP contribution in [-0.4, -0.2) is 28.5 Å². The number of benzene rings is 1. The summed E-state index contributed by atoms with van der Waals surface area (Å²) < 4.78 is 3.07. The van der Waals surface area contributed by atoms with Crippen molar-refractivity contribution < 1.29 is 4.79 Å². The highest BCUT2D eigenvalue weighted by atomic mass is 79.9. The summed E-state index contributed by atoms with van der Waals surface area (Å²) in [5.74, 6) is 0.0377. The molecule has 5 heteroatoms. The number of likely N-dealkylation sites (tertiary alicyclic amines) is 1. The first-order chi connectivity index (χ1) is 11.0. The van der Waals surface area contributed by atoms with Crippen LogP contribution < -0.4 is 5.32 Å². The van der Waals surface area contributed by atoms with Gasteiger partial charge in [-0.2, -0.15) is 0 Å². The number of rotatable bonds is 4. The van der Waals surface area contributed by atoms with Crippen LogP contribution in [-0.2, 0) is 11.8 Å². The number of nitrogens with one attached hydrogen (secondary N) is 1. The third-order valence-corrected chi connectivity index (χ3v) is 5.09. The molecule has 1 amide bonds. The molecule has 2 aromatic rings. The molecule has 1 saturated heterocycles. The molecule has 1 atom stereocenters. The van der Waals surface area contributed by atoms with Gasteiger partial charge >= 0.3 is 0 Å². The lowest BCUT2D eigenvalue weighted by atomic mass is 10.1. The minimum Gasteiger partial charge on any atom is -0.353 e. The Morgan fingerprint density at radius 3 is 2.91 bits per heavy atom. The Hall–Kier alpha value is -1.59. The van der Waals surface area contributed by atoms with Gasteiger partial charge in [0.1, 0.15) is 0 Å². The number of hydrogen-bond acceptors (Lipinski definition) is 2. The van der Waals surface area contributed by atoms with E-state index in [4.69, 9.17) is 0 Å². The normalized spacial score (nSPS) is 18.3. The lowest BCUT2D eigenvalue weighted by Gasteiger charge is -2.24. The van der Waals surface area contributed by atoms with Gasteiger partial charge in [0.25, 0.3) is 0 Å². The summed E-state index contributed by atoms with van der Waals surface area (Å²) in [6.45, 7) is 3.43. The molecule has 1 fully saturated rings. The molecule has 0 spiro atoms. The fraction of sp³-hybridized carbons (Fsp3) is 0.389. The number of nitrogens with zero attached hydrogens (tertiary/aromatic N) is 2. The number of amides is 1. The number of carbonyl (C=O) groups excluding carboxylic acids is 1. The molecule has 1 aliphatic heterocycles. The zero-order valence-electron chi connectivity index (χ0n) is 13.6. The van der Waals surface area contributed by atoms with Crippen molar-refractivity contribution in [2.24, 2.45) is 7.05 Å². The van der Waals surface area contributed by atoms with E-state index < -0.39 is 0 Å². The zero-order valence-corrected chi connectivity index (χ0v) is 15.1. The number of halogens is 1. The topological polar surface area (TPSA) is 37.3 Å². The zero-order chi connectivity index (χ0) is 16.4. The maximum atomic E-state index is 12.4. The summed E-state index contributed by atoms with van der Waals surface area (Å²) in [4.78, 5) is 14.7. The van der Waals surface area contributed by atoms with E-state index in [0.29, 0.717) is 12.6 Å². The average molecular weight is 376 g/mol. The van der Waals surface area contributed by atoms with E-state index in [1.54, 1.807) is 0 Å². The van der Waals surface area contributed by atoms with Crippen molar-refractivity contribution in [2.75, 3.05) is 18.4 Å². The second-order valence-corrected chi connectivity index (χ2v) is 7.06. The highest BCUT2D eigenvalue weighted by Gasteiger charge is 2.29. The van der Waals surface area contributed by atoms with Gasteiger partial charge in [0.2, 0.25) is 5.91 Å². The van der Waals surface area contributed by atoms with E-state index >= 15 is 0 Å². The van der Waals surface area contributed by atoms with Crippen molar-refractivity contribution in [3.8, 4) is 0 Å². The molecule has 1 aliphatic rings. The fourth-order valence-electron chi connectivity index (χ4n) is 3.27. The Labute approximate surface area is 145 Å². The van der Waals surface area contributed by atoms with Crippen molar-refractivity contribution >= 4 is 27.5 Å². The van der Waals surface area contributed by atoms with Crippen LogP contribution in [0.2, 0.25) is 0 Å². The molecule has 0 unspecified atom stereocenters. The van der Waals surface area contributed by atoms with Crippen molar-refractivity contribution in [2.45, 2.75) is 25.8 Å². The van der Waals surface area contributed by atoms with Gasteiger partial charge in [-0.3, -0.25) is 9.69 Å². The van der Waals surface area contributed by atoms with E-state index in [0.717, 1.165) is 35.1 Å². The van der Waals surface area contributed by atoms with E-state index in [-0.39, 0.29) is 5.91 Å². The molecule has 23 heavy (non-hydrogen) atoms. The van der Waals surface area contributed by atoms with E-state index in [9.17, 15) is 4.79 Å². The van der Waals surface area contributed by atoms with Gasteiger partial charge in [0.15, 0.2) is 0 Å². The van der Waals surface area contributed by atoms with Crippen LogP contribution in [0.5, 0.6) is 0 Å². The van der Waals surface area contributed by atoms with E-state index in [1.807, 2.05) is 25.1 Å². The second kappa shape index (κ2) is 6.89. The number of aryl methyl sites for hydroxylation is 2. The third-order valence-electron chi connectivity index (χ3n) is 4.43. The Morgan fingerprint density at radius 2 is 2.22 bits per heavy atom. The summed E-state index contributed by atoms with van der Waals surface area (Å²) in [7, 11) is 2.06. The van der Waals surface area contributed by atoms with Gasteiger partial charge in [-0.25, -0.2) is 0 Å². The first-order valence-electron chi connectivity index (χ1n) is 7.96. The smallest absolute Gasteiger partial charge is 0.238 e. The van der Waals surface area contributed by atoms with Gasteiger partial charge in [-0.05, 0) is 72.1 Å². The highest BCUT2D eigenvalue weighted by Crippen LogP contribution is 2.31. The van der Waals surface area contributed by atoms with E-state index in [2.05, 4.69) is 56.1 Å². The van der Waals surface area contributed by atoms with Crippen molar-refractivity contribution in [1.82, 2.24) is 9.47 Å². The molecule has 1 aromatic heterocycles. The molecule has 2 heterocycles. The molecule has 4 nitrogen and oxygen atoms in total. The van der Waals surface area contributed by atoms with Gasteiger partial charge in [0.05, 0.1) is 18.3 Å². The Morgan fingerprint density at radius 1 is 1.39 bits per heavy atom. The summed E-state index contributed by atoms with van der Waals surface area (Å²) in [6.07, 6.45) is 4.31. The van der Waals surface area contributed by atoms with Crippen molar-refractivity contribution in [3.05, 3.63) is 52.3 Å². The third kappa shape index (κ3) is 3.67. The summed E-state index contributed by atoms with van der Waals surface area (Å²) in [5, 5.41) is 3.01. The second-order valence-electron chi connectivity index (χ2n) is 6.20. The Kier molecular flexibility index (Phi) is 4.87. The first-order valence-corrected chi connectivity index (χ1v) is 8.75. The van der Waals surface area contributed by atoms with E-state index in [1.165, 1.54) is 5.69 Å². The van der Waals surface area contributed by atoms with Crippen LogP contribution in [0.3, 0.4) is 0 Å². The molecule has 1 N–H and O–H groups in total. The van der Waals surface area contributed by atoms with Crippen LogP contribution in [0.15, 0.2) is 41.0 Å². The number of aromatic nitrogens is 1. The first kappa shape index (κ1) is 16.3. The molecule has 122 valence electrons. The number of anilines is 1. The predicted molar refractivity (Wildman–Crippen MR) is 96.5 cm³/mol. The quantitative estimate of drug-likeness (QED) is 0.880. The van der Waals surface area contributed by atoms with Gasteiger partial charge in [-0.1, -0.05) is 6.07 Å². The molecule has 3 rings (SSSR count). The SMILES string of the molecule is Cc1ccc(NC(=O)CN2CCC[C@H]2c2cccn2C)c(Br)c1. The predicted octanol–water partition coefficient (Wildman–Crippen LogP) is 3.87. The highest BCUT2D eigenvalue weighted by molar-refractivity contribution is 9.10. The fourth-order valence-corrected chi connectivity index (χ4v) is 3.86. The summed E-state index contributed by atoms with van der Waals surface area (Å²) in [5.41, 5.74) is 3.28. The lowest BCUT2D eigenvalue weighted by molar-refractivity contribution is -0.117. The van der Waals surface area contributed by atoms with Crippen LogP contribution in [0, 0.1) is 6.92 Å². The minimum atomic E-state index is 0.0377.